The Balaban J connectivity index is 2.43. The van der Waals surface area contributed by atoms with Crippen molar-refractivity contribution in [2.24, 2.45) is 0 Å². The van der Waals surface area contributed by atoms with E-state index in [-0.39, 0.29) is 0 Å². The summed E-state index contributed by atoms with van der Waals surface area (Å²) in [6.45, 7) is 6.05. The molecule has 22 heavy (non-hydrogen) atoms. The number of rotatable bonds is 10. The van der Waals surface area contributed by atoms with E-state index in [4.69, 9.17) is 16.3 Å². The summed E-state index contributed by atoms with van der Waals surface area (Å²) >= 11 is 5.81. The third-order valence-electron chi connectivity index (χ3n) is 3.34. The molecule has 0 spiro atoms. The van der Waals surface area contributed by atoms with Gasteiger partial charge in [0.05, 0.1) is 0 Å². The van der Waals surface area contributed by atoms with Gasteiger partial charge in [-0.3, -0.25) is 5.43 Å². The number of nitrogens with one attached hydrogen (secondary N) is 1. The molecule has 1 N–H and O–H groups in total. The fourth-order valence-corrected chi connectivity index (χ4v) is 2.22. The summed E-state index contributed by atoms with van der Waals surface area (Å²) in [7, 11) is 0. The van der Waals surface area contributed by atoms with Crippen molar-refractivity contribution in [3.8, 4) is 5.75 Å². The van der Waals surface area contributed by atoms with Crippen LogP contribution in [0.1, 0.15) is 52.4 Å². The number of hydrogen-bond donors (Lipinski definition) is 1. The maximum atomic E-state index is 12.0. The maximum absolute atomic E-state index is 12.0. The lowest BCUT2D eigenvalue weighted by Gasteiger charge is -2.22. The number of amides is 1. The van der Waals surface area contributed by atoms with Crippen LogP contribution in [0.3, 0.4) is 0 Å². The van der Waals surface area contributed by atoms with Gasteiger partial charge in [0.15, 0.2) is 0 Å². The molecule has 0 aliphatic carbocycles. The highest BCUT2D eigenvalue weighted by Gasteiger charge is 2.10. The number of unbranched alkanes of at least 4 members (excludes halogenated alkanes) is 4. The van der Waals surface area contributed by atoms with Gasteiger partial charge in [-0.2, -0.15) is 0 Å². The first kappa shape index (κ1) is 18.8. The molecular weight excluding hydrogens is 300 g/mol. The molecule has 1 aromatic rings. The van der Waals surface area contributed by atoms with Crippen LogP contribution in [0.4, 0.5) is 4.79 Å². The normalized spacial score (nSPS) is 10.7. The minimum absolute atomic E-state index is 0.449. The highest BCUT2D eigenvalue weighted by molar-refractivity contribution is 6.30. The molecule has 1 aromatic carbocycles. The third-order valence-corrected chi connectivity index (χ3v) is 3.59. The Morgan fingerprint density at radius 1 is 1.05 bits per heavy atom. The zero-order valence-electron chi connectivity index (χ0n) is 13.6. The quantitative estimate of drug-likeness (QED) is 0.484. The molecule has 0 fully saturated rings. The number of halogens is 1. The van der Waals surface area contributed by atoms with Crippen molar-refractivity contribution in [3.63, 3.8) is 0 Å². The summed E-state index contributed by atoms with van der Waals surface area (Å²) in [5, 5.41) is 2.58. The predicted molar refractivity (Wildman–Crippen MR) is 91.2 cm³/mol. The number of ether oxygens (including phenoxy) is 1. The van der Waals surface area contributed by atoms with E-state index in [9.17, 15) is 4.79 Å². The molecule has 1 rings (SSSR count). The van der Waals surface area contributed by atoms with Gasteiger partial charge in [-0.1, -0.05) is 51.1 Å². The van der Waals surface area contributed by atoms with Gasteiger partial charge in [-0.25, -0.2) is 9.80 Å². The summed E-state index contributed by atoms with van der Waals surface area (Å²) in [5.74, 6) is 0.490. The van der Waals surface area contributed by atoms with Crippen molar-refractivity contribution in [1.82, 2.24) is 10.4 Å². The Kier molecular flexibility index (Phi) is 9.67. The summed E-state index contributed by atoms with van der Waals surface area (Å²) in [5.41, 5.74) is 2.84. The summed E-state index contributed by atoms with van der Waals surface area (Å²) in [6, 6.07) is 6.76. The molecule has 0 unspecified atom stereocenters. The minimum atomic E-state index is -0.449. The van der Waals surface area contributed by atoms with E-state index in [0.29, 0.717) is 10.8 Å². The molecular formula is C17H27ClN2O2. The Morgan fingerprint density at radius 2 is 1.59 bits per heavy atom. The van der Waals surface area contributed by atoms with E-state index >= 15 is 0 Å². The minimum Gasteiger partial charge on any atom is -0.409 e. The van der Waals surface area contributed by atoms with Crippen LogP contribution in [-0.4, -0.2) is 24.2 Å². The second kappa shape index (κ2) is 11.3. The van der Waals surface area contributed by atoms with Crippen molar-refractivity contribution in [2.45, 2.75) is 52.4 Å². The maximum Gasteiger partial charge on any atom is 0.427 e. The molecule has 1 amide bonds. The Morgan fingerprint density at radius 3 is 2.09 bits per heavy atom. The van der Waals surface area contributed by atoms with Crippen molar-refractivity contribution in [1.29, 1.82) is 0 Å². The summed E-state index contributed by atoms with van der Waals surface area (Å²) < 4.78 is 5.26. The number of carbonyl (C=O) groups excluding carboxylic acids is 1. The van der Waals surface area contributed by atoms with Crippen LogP contribution in [0.5, 0.6) is 5.75 Å². The Labute approximate surface area is 138 Å². The fourth-order valence-electron chi connectivity index (χ4n) is 2.09. The van der Waals surface area contributed by atoms with E-state index < -0.39 is 6.09 Å². The van der Waals surface area contributed by atoms with Crippen LogP contribution in [0, 0.1) is 0 Å². The molecule has 124 valence electrons. The van der Waals surface area contributed by atoms with Gasteiger partial charge in [0.2, 0.25) is 0 Å². The third kappa shape index (κ3) is 8.25. The summed E-state index contributed by atoms with van der Waals surface area (Å²) in [6.07, 6.45) is 6.36. The van der Waals surface area contributed by atoms with Gasteiger partial charge in [0, 0.05) is 18.1 Å². The van der Waals surface area contributed by atoms with E-state index in [1.807, 2.05) is 5.01 Å². The first-order valence-corrected chi connectivity index (χ1v) is 8.52. The molecule has 5 heteroatoms. The van der Waals surface area contributed by atoms with Crippen LogP contribution < -0.4 is 10.2 Å². The van der Waals surface area contributed by atoms with Gasteiger partial charge < -0.3 is 4.74 Å². The molecule has 0 aliphatic rings. The molecule has 0 radical (unpaired) electrons. The topological polar surface area (TPSA) is 41.6 Å². The van der Waals surface area contributed by atoms with Crippen LogP contribution in [0.25, 0.3) is 0 Å². The lowest BCUT2D eigenvalue weighted by molar-refractivity contribution is 0.141. The Bertz CT molecular complexity index is 413. The van der Waals surface area contributed by atoms with E-state index in [2.05, 4.69) is 19.3 Å². The van der Waals surface area contributed by atoms with E-state index in [0.717, 1.165) is 51.6 Å². The largest absolute Gasteiger partial charge is 0.427 e. The van der Waals surface area contributed by atoms with E-state index in [1.54, 1.807) is 24.3 Å². The van der Waals surface area contributed by atoms with Crippen molar-refractivity contribution >= 4 is 17.7 Å². The molecule has 0 aromatic heterocycles. The van der Waals surface area contributed by atoms with Gasteiger partial charge in [0.1, 0.15) is 5.75 Å². The highest BCUT2D eigenvalue weighted by Crippen LogP contribution is 2.15. The second-order valence-electron chi connectivity index (χ2n) is 5.36. The first-order valence-electron chi connectivity index (χ1n) is 8.14. The molecule has 0 bridgehead atoms. The van der Waals surface area contributed by atoms with Crippen LogP contribution in [0.2, 0.25) is 5.02 Å². The average molecular weight is 327 g/mol. The average Bonchev–Trinajstić information content (AvgIpc) is 2.50. The molecule has 0 saturated carbocycles. The molecule has 0 heterocycles. The van der Waals surface area contributed by atoms with Gasteiger partial charge >= 0.3 is 6.09 Å². The van der Waals surface area contributed by atoms with Gasteiger partial charge in [-0.15, -0.1) is 0 Å². The first-order chi connectivity index (χ1) is 10.7. The van der Waals surface area contributed by atoms with Gasteiger partial charge in [-0.05, 0) is 37.1 Å². The monoisotopic (exact) mass is 326 g/mol. The van der Waals surface area contributed by atoms with Crippen molar-refractivity contribution < 1.29 is 9.53 Å². The van der Waals surface area contributed by atoms with Crippen molar-refractivity contribution in [3.05, 3.63) is 29.3 Å². The van der Waals surface area contributed by atoms with Crippen molar-refractivity contribution in [2.75, 3.05) is 13.1 Å². The second-order valence-corrected chi connectivity index (χ2v) is 5.79. The summed E-state index contributed by atoms with van der Waals surface area (Å²) in [4.78, 5) is 12.0. The number of carbonyl (C=O) groups is 1. The predicted octanol–water partition coefficient (Wildman–Crippen LogP) is 5.03. The SMILES string of the molecule is CCCCCN(CCCCC)NC(=O)Oc1ccc(Cl)cc1. The highest BCUT2D eigenvalue weighted by atomic mass is 35.5. The zero-order chi connectivity index (χ0) is 16.2. The number of benzene rings is 1. The lowest BCUT2D eigenvalue weighted by atomic mass is 10.2. The number of nitrogens with zero attached hydrogens (tertiary/aromatic N) is 1. The van der Waals surface area contributed by atoms with Crippen LogP contribution in [0.15, 0.2) is 24.3 Å². The molecule has 4 nitrogen and oxygen atoms in total. The van der Waals surface area contributed by atoms with E-state index in [1.165, 1.54) is 0 Å². The standard InChI is InChI=1S/C17H27ClN2O2/c1-3-5-7-13-20(14-8-6-4-2)19-17(21)22-16-11-9-15(18)10-12-16/h9-12H,3-8,13-14H2,1-2H3,(H,19,21). The van der Waals surface area contributed by atoms with Crippen LogP contribution >= 0.6 is 11.6 Å². The molecule has 0 saturated heterocycles. The number of hydrazine groups is 1. The molecule has 0 atom stereocenters. The zero-order valence-corrected chi connectivity index (χ0v) is 14.4. The Hall–Kier alpha value is -1.26. The molecule has 0 aliphatic heterocycles. The van der Waals surface area contributed by atoms with Crippen LogP contribution in [-0.2, 0) is 0 Å². The van der Waals surface area contributed by atoms with Gasteiger partial charge in [0.25, 0.3) is 0 Å². The number of hydrogen-bond acceptors (Lipinski definition) is 3. The fraction of sp³-hybridized carbons (Fsp3) is 0.588. The lowest BCUT2D eigenvalue weighted by Crippen LogP contribution is -2.44. The smallest absolute Gasteiger partial charge is 0.409 e.